The molecule has 3 heteroatoms. The second-order valence-corrected chi connectivity index (χ2v) is 3.32. The molecular weight excluding hydrogens is 182 g/mol. The van der Waals surface area contributed by atoms with Crippen molar-refractivity contribution in [2.45, 2.75) is 11.3 Å². The summed E-state index contributed by atoms with van der Waals surface area (Å²) in [5.41, 5.74) is 0. The standard InChI is InChI=1S/C10H15NOS/c1-11-7-2-8-12-9-3-5-10(13)6-4-9/h3-6,11,13H,2,7-8H2,1H3. The number of hydrogen-bond acceptors (Lipinski definition) is 3. The van der Waals surface area contributed by atoms with Crippen LogP contribution in [0, 0.1) is 0 Å². The van der Waals surface area contributed by atoms with Crippen LogP contribution in [0.1, 0.15) is 6.42 Å². The fourth-order valence-electron chi connectivity index (χ4n) is 0.981. The summed E-state index contributed by atoms with van der Waals surface area (Å²) in [4.78, 5) is 0.961. The van der Waals surface area contributed by atoms with E-state index in [-0.39, 0.29) is 0 Å². The SMILES string of the molecule is CNCCCOc1ccc(S)cc1. The summed E-state index contributed by atoms with van der Waals surface area (Å²) in [6, 6.07) is 7.72. The van der Waals surface area contributed by atoms with Crippen molar-refractivity contribution in [1.82, 2.24) is 5.32 Å². The molecule has 0 saturated heterocycles. The van der Waals surface area contributed by atoms with Crippen molar-refractivity contribution < 1.29 is 4.74 Å². The number of hydrogen-bond donors (Lipinski definition) is 2. The van der Waals surface area contributed by atoms with Crippen LogP contribution in [0.25, 0.3) is 0 Å². The van der Waals surface area contributed by atoms with Crippen LogP contribution in [0.4, 0.5) is 0 Å². The van der Waals surface area contributed by atoms with E-state index in [9.17, 15) is 0 Å². The van der Waals surface area contributed by atoms with Crippen molar-refractivity contribution in [2.24, 2.45) is 0 Å². The van der Waals surface area contributed by atoms with Gasteiger partial charge in [-0.05, 0) is 44.3 Å². The number of nitrogens with one attached hydrogen (secondary N) is 1. The maximum atomic E-state index is 5.49. The van der Waals surface area contributed by atoms with Gasteiger partial charge in [0.05, 0.1) is 6.61 Å². The third kappa shape index (κ3) is 4.20. The Balaban J connectivity index is 2.25. The number of rotatable bonds is 5. The van der Waals surface area contributed by atoms with E-state index in [1.165, 1.54) is 0 Å². The lowest BCUT2D eigenvalue weighted by atomic mass is 10.3. The van der Waals surface area contributed by atoms with Crippen LogP contribution in [0.3, 0.4) is 0 Å². The molecule has 0 radical (unpaired) electrons. The second-order valence-electron chi connectivity index (χ2n) is 2.80. The van der Waals surface area contributed by atoms with Gasteiger partial charge in [-0.15, -0.1) is 12.6 Å². The zero-order valence-corrected chi connectivity index (χ0v) is 8.68. The summed E-state index contributed by atoms with van der Waals surface area (Å²) < 4.78 is 5.49. The minimum Gasteiger partial charge on any atom is -0.494 e. The highest BCUT2D eigenvalue weighted by Gasteiger charge is 1.92. The molecule has 1 aromatic carbocycles. The van der Waals surface area contributed by atoms with Crippen molar-refractivity contribution in [2.75, 3.05) is 20.2 Å². The highest BCUT2D eigenvalue weighted by Crippen LogP contribution is 2.14. The minimum absolute atomic E-state index is 0.757. The van der Waals surface area contributed by atoms with Crippen molar-refractivity contribution in [1.29, 1.82) is 0 Å². The van der Waals surface area contributed by atoms with Gasteiger partial charge in [0.25, 0.3) is 0 Å². The van der Waals surface area contributed by atoms with E-state index in [0.29, 0.717) is 0 Å². The predicted molar refractivity (Wildman–Crippen MR) is 57.7 cm³/mol. The molecule has 0 atom stereocenters. The highest BCUT2D eigenvalue weighted by atomic mass is 32.1. The van der Waals surface area contributed by atoms with E-state index in [2.05, 4.69) is 17.9 Å². The molecule has 1 aromatic rings. The Hall–Kier alpha value is -0.670. The highest BCUT2D eigenvalue weighted by molar-refractivity contribution is 7.80. The molecule has 0 bridgehead atoms. The van der Waals surface area contributed by atoms with E-state index in [1.54, 1.807) is 0 Å². The Bertz CT molecular complexity index is 235. The zero-order valence-electron chi connectivity index (χ0n) is 7.79. The fourth-order valence-corrected chi connectivity index (χ4v) is 1.13. The first kappa shape index (κ1) is 10.4. The molecule has 0 heterocycles. The normalized spacial score (nSPS) is 10.0. The molecule has 0 unspecified atom stereocenters. The van der Waals surface area contributed by atoms with Crippen LogP contribution in [0.15, 0.2) is 29.2 Å². The quantitative estimate of drug-likeness (QED) is 0.556. The molecule has 0 aliphatic carbocycles. The lowest BCUT2D eigenvalue weighted by molar-refractivity contribution is 0.309. The summed E-state index contributed by atoms with van der Waals surface area (Å²) in [5, 5.41) is 3.07. The van der Waals surface area contributed by atoms with Crippen LogP contribution in [-0.2, 0) is 0 Å². The molecule has 0 spiro atoms. The predicted octanol–water partition coefficient (Wildman–Crippen LogP) is 1.96. The largest absolute Gasteiger partial charge is 0.494 e. The van der Waals surface area contributed by atoms with Crippen LogP contribution < -0.4 is 10.1 Å². The molecule has 1 N–H and O–H groups in total. The summed E-state index contributed by atoms with van der Waals surface area (Å²) in [6.07, 6.45) is 1.03. The molecule has 13 heavy (non-hydrogen) atoms. The number of ether oxygens (including phenoxy) is 1. The van der Waals surface area contributed by atoms with Crippen LogP contribution in [0.5, 0.6) is 5.75 Å². The fraction of sp³-hybridized carbons (Fsp3) is 0.400. The first-order valence-corrected chi connectivity index (χ1v) is 4.84. The molecule has 72 valence electrons. The second kappa shape index (κ2) is 5.89. The summed E-state index contributed by atoms with van der Waals surface area (Å²) >= 11 is 4.19. The zero-order chi connectivity index (χ0) is 9.52. The minimum atomic E-state index is 0.757. The molecule has 0 aliphatic rings. The lowest BCUT2D eigenvalue weighted by Crippen LogP contribution is -2.11. The van der Waals surface area contributed by atoms with Gasteiger partial charge in [-0.2, -0.15) is 0 Å². The summed E-state index contributed by atoms with van der Waals surface area (Å²) in [5.74, 6) is 0.911. The molecule has 0 amide bonds. The maximum Gasteiger partial charge on any atom is 0.119 e. The molecule has 2 nitrogen and oxygen atoms in total. The average Bonchev–Trinajstić information content (AvgIpc) is 2.15. The first-order valence-electron chi connectivity index (χ1n) is 4.39. The van der Waals surface area contributed by atoms with E-state index in [0.717, 1.165) is 30.2 Å². The van der Waals surface area contributed by atoms with Crippen molar-refractivity contribution >= 4 is 12.6 Å². The third-order valence-electron chi connectivity index (χ3n) is 1.68. The van der Waals surface area contributed by atoms with E-state index >= 15 is 0 Å². The summed E-state index contributed by atoms with van der Waals surface area (Å²) in [6.45, 7) is 1.75. The smallest absolute Gasteiger partial charge is 0.119 e. The van der Waals surface area contributed by atoms with Gasteiger partial charge in [0.2, 0.25) is 0 Å². The first-order chi connectivity index (χ1) is 6.33. The average molecular weight is 197 g/mol. The Morgan fingerprint density at radius 1 is 1.31 bits per heavy atom. The van der Waals surface area contributed by atoms with Crippen LogP contribution in [0.2, 0.25) is 0 Å². The van der Waals surface area contributed by atoms with Crippen molar-refractivity contribution in [3.63, 3.8) is 0 Å². The molecule has 0 fully saturated rings. The van der Waals surface area contributed by atoms with Gasteiger partial charge in [-0.25, -0.2) is 0 Å². The van der Waals surface area contributed by atoms with Gasteiger partial charge >= 0.3 is 0 Å². The van der Waals surface area contributed by atoms with Crippen LogP contribution >= 0.6 is 12.6 Å². The molecule has 1 rings (SSSR count). The van der Waals surface area contributed by atoms with E-state index < -0.39 is 0 Å². The van der Waals surface area contributed by atoms with Crippen molar-refractivity contribution in [3.8, 4) is 5.75 Å². The third-order valence-corrected chi connectivity index (χ3v) is 1.97. The summed E-state index contributed by atoms with van der Waals surface area (Å²) in [7, 11) is 1.94. The van der Waals surface area contributed by atoms with Gasteiger partial charge < -0.3 is 10.1 Å². The Morgan fingerprint density at radius 3 is 2.62 bits per heavy atom. The van der Waals surface area contributed by atoms with E-state index in [1.807, 2.05) is 31.3 Å². The Kier molecular flexibility index (Phi) is 4.72. The van der Waals surface area contributed by atoms with Crippen LogP contribution in [-0.4, -0.2) is 20.2 Å². The molecule has 0 saturated carbocycles. The number of benzene rings is 1. The molecule has 0 aromatic heterocycles. The molecular formula is C10H15NOS. The monoisotopic (exact) mass is 197 g/mol. The Labute approximate surface area is 84.7 Å². The number of thiol groups is 1. The van der Waals surface area contributed by atoms with Gasteiger partial charge in [-0.3, -0.25) is 0 Å². The van der Waals surface area contributed by atoms with E-state index in [4.69, 9.17) is 4.74 Å². The van der Waals surface area contributed by atoms with Gasteiger partial charge in [0.1, 0.15) is 5.75 Å². The lowest BCUT2D eigenvalue weighted by Gasteiger charge is -2.05. The van der Waals surface area contributed by atoms with Gasteiger partial charge in [-0.1, -0.05) is 0 Å². The van der Waals surface area contributed by atoms with Gasteiger partial charge in [0, 0.05) is 4.90 Å². The topological polar surface area (TPSA) is 21.3 Å². The van der Waals surface area contributed by atoms with Crippen molar-refractivity contribution in [3.05, 3.63) is 24.3 Å². The Morgan fingerprint density at radius 2 is 2.00 bits per heavy atom. The maximum absolute atomic E-state index is 5.49. The van der Waals surface area contributed by atoms with Gasteiger partial charge in [0.15, 0.2) is 0 Å². The molecule has 0 aliphatic heterocycles.